The van der Waals surface area contributed by atoms with Crippen LogP contribution in [0, 0.1) is 0 Å². The molecule has 3 aliphatic rings. The van der Waals surface area contributed by atoms with Gasteiger partial charge in [0.15, 0.2) is 0 Å². The van der Waals surface area contributed by atoms with Crippen molar-refractivity contribution < 1.29 is 24.0 Å². The molecule has 0 spiro atoms. The number of anilines is 1. The molecule has 3 aliphatic heterocycles. The van der Waals surface area contributed by atoms with E-state index in [4.69, 9.17) is 5.73 Å². The molecule has 0 radical (unpaired) electrons. The molecule has 1 aromatic carbocycles. The largest absolute Gasteiger partial charge is 0.328 e. The molecule has 0 aromatic heterocycles. The highest BCUT2D eigenvalue weighted by molar-refractivity contribution is 6.26. The van der Waals surface area contributed by atoms with Crippen LogP contribution in [-0.2, 0) is 14.4 Å². The van der Waals surface area contributed by atoms with E-state index in [-0.39, 0.29) is 48.0 Å². The first kappa shape index (κ1) is 22.1. The summed E-state index contributed by atoms with van der Waals surface area (Å²) in [4.78, 5) is 65.2. The number of imide groups is 2. The van der Waals surface area contributed by atoms with Gasteiger partial charge in [0.25, 0.3) is 11.8 Å². The smallest absolute Gasteiger partial charge is 0.264 e. The van der Waals surface area contributed by atoms with E-state index in [1.54, 1.807) is 12.1 Å². The summed E-state index contributed by atoms with van der Waals surface area (Å²) < 4.78 is 0. The number of amides is 5. The Kier molecular flexibility index (Phi) is 6.33. The number of hydrogen-bond acceptors (Lipinski definition) is 7. The van der Waals surface area contributed by atoms with E-state index in [0.29, 0.717) is 6.42 Å². The fourth-order valence-electron chi connectivity index (χ4n) is 4.47. The number of likely N-dealkylation sites (tertiary alicyclic amines) is 1. The average molecular weight is 441 g/mol. The van der Waals surface area contributed by atoms with E-state index >= 15 is 0 Å². The van der Waals surface area contributed by atoms with Crippen molar-refractivity contribution in [2.24, 2.45) is 5.73 Å². The van der Waals surface area contributed by atoms with Crippen molar-refractivity contribution in [3.05, 3.63) is 29.3 Å². The summed E-state index contributed by atoms with van der Waals surface area (Å²) in [6.45, 7) is 2.66. The second-order valence-corrected chi connectivity index (χ2v) is 8.51. The number of fused-ring (bicyclic) bond motifs is 1. The summed E-state index contributed by atoms with van der Waals surface area (Å²) >= 11 is 0. The van der Waals surface area contributed by atoms with E-state index in [9.17, 15) is 24.0 Å². The van der Waals surface area contributed by atoms with Crippen LogP contribution in [0.5, 0.6) is 0 Å². The van der Waals surface area contributed by atoms with Crippen molar-refractivity contribution in [1.29, 1.82) is 0 Å². The zero-order chi connectivity index (χ0) is 22.8. The number of nitrogens with two attached hydrogens (primary N) is 1. The summed E-state index contributed by atoms with van der Waals surface area (Å²) in [5, 5.41) is 4.92. The van der Waals surface area contributed by atoms with E-state index in [2.05, 4.69) is 15.5 Å². The first-order valence-corrected chi connectivity index (χ1v) is 11.0. The van der Waals surface area contributed by atoms with Crippen molar-refractivity contribution in [2.75, 3.05) is 25.0 Å². The van der Waals surface area contributed by atoms with Crippen molar-refractivity contribution in [3.8, 4) is 0 Å². The Morgan fingerprint density at radius 2 is 1.84 bits per heavy atom. The number of hydrogen-bond donors (Lipinski definition) is 3. The molecule has 0 saturated carbocycles. The van der Waals surface area contributed by atoms with Crippen LogP contribution in [-0.4, -0.2) is 71.1 Å². The maximum atomic E-state index is 13.1. The standard InChI is InChI=1S/C22H27N5O5/c23-13-8-11-26(12-9-13)10-2-5-17(28)24-15-4-1-3-14-19(15)22(32)27(21(14)31)16-6-7-18(29)25-20(16)30/h1,3-4,13,16H,2,5-12,23H2,(H,24,28)(H,25,29,30). The number of carbonyl (C=O) groups is 5. The Morgan fingerprint density at radius 1 is 1.09 bits per heavy atom. The molecule has 0 aliphatic carbocycles. The Hall–Kier alpha value is -3.11. The third-order valence-electron chi connectivity index (χ3n) is 6.25. The van der Waals surface area contributed by atoms with Crippen molar-refractivity contribution in [2.45, 2.75) is 50.6 Å². The first-order chi connectivity index (χ1) is 15.3. The predicted octanol–water partition coefficient (Wildman–Crippen LogP) is 0.230. The Labute approximate surface area is 185 Å². The summed E-state index contributed by atoms with van der Waals surface area (Å²) in [5.41, 5.74) is 6.39. The van der Waals surface area contributed by atoms with Gasteiger partial charge in [0.1, 0.15) is 6.04 Å². The number of benzene rings is 1. The van der Waals surface area contributed by atoms with Gasteiger partial charge in [-0.3, -0.25) is 34.2 Å². The predicted molar refractivity (Wildman–Crippen MR) is 115 cm³/mol. The highest BCUT2D eigenvalue weighted by Crippen LogP contribution is 2.32. The third kappa shape index (κ3) is 4.42. The second kappa shape index (κ2) is 9.17. The zero-order valence-electron chi connectivity index (χ0n) is 17.8. The van der Waals surface area contributed by atoms with Crippen molar-refractivity contribution >= 4 is 35.2 Å². The van der Waals surface area contributed by atoms with Gasteiger partial charge in [-0.1, -0.05) is 6.07 Å². The molecule has 1 unspecified atom stereocenters. The molecule has 5 amide bonds. The van der Waals surface area contributed by atoms with Crippen LogP contribution >= 0.6 is 0 Å². The quantitative estimate of drug-likeness (QED) is 0.537. The molecule has 4 N–H and O–H groups in total. The zero-order valence-corrected chi connectivity index (χ0v) is 17.8. The summed E-state index contributed by atoms with van der Waals surface area (Å²) in [6.07, 6.45) is 3.01. The molecular formula is C22H27N5O5. The monoisotopic (exact) mass is 441 g/mol. The lowest BCUT2D eigenvalue weighted by Crippen LogP contribution is -2.54. The van der Waals surface area contributed by atoms with Gasteiger partial charge in [-0.15, -0.1) is 0 Å². The van der Waals surface area contributed by atoms with E-state index < -0.39 is 29.7 Å². The SMILES string of the molecule is NC1CCN(CCCC(=O)Nc2cccc3c2C(=O)N(C2CCC(=O)NC2=O)C3=O)CC1. The lowest BCUT2D eigenvalue weighted by molar-refractivity contribution is -0.136. The minimum Gasteiger partial charge on any atom is -0.328 e. The molecule has 32 heavy (non-hydrogen) atoms. The summed E-state index contributed by atoms with van der Waals surface area (Å²) in [7, 11) is 0. The molecule has 10 nitrogen and oxygen atoms in total. The fourth-order valence-corrected chi connectivity index (χ4v) is 4.47. The van der Waals surface area contributed by atoms with Crippen LogP contribution in [0.3, 0.4) is 0 Å². The second-order valence-electron chi connectivity index (χ2n) is 8.51. The van der Waals surface area contributed by atoms with E-state index in [1.165, 1.54) is 6.07 Å². The molecule has 4 rings (SSSR count). The van der Waals surface area contributed by atoms with E-state index in [0.717, 1.165) is 37.4 Å². The number of nitrogens with zero attached hydrogens (tertiary/aromatic N) is 2. The minimum absolute atomic E-state index is 0.0519. The highest BCUT2D eigenvalue weighted by atomic mass is 16.2. The van der Waals surface area contributed by atoms with Crippen LogP contribution in [0.1, 0.15) is 59.2 Å². The third-order valence-corrected chi connectivity index (χ3v) is 6.25. The fraction of sp³-hybridized carbons (Fsp3) is 0.500. The molecule has 3 heterocycles. The Balaban J connectivity index is 1.40. The summed E-state index contributed by atoms with van der Waals surface area (Å²) in [6, 6.07) is 3.88. The van der Waals surface area contributed by atoms with Crippen LogP contribution in [0.2, 0.25) is 0 Å². The topological polar surface area (TPSA) is 142 Å². The molecule has 2 fully saturated rings. The molecule has 1 atom stereocenters. The van der Waals surface area contributed by atoms with Gasteiger partial charge in [-0.05, 0) is 57.5 Å². The highest BCUT2D eigenvalue weighted by Gasteiger charge is 2.45. The van der Waals surface area contributed by atoms with Crippen LogP contribution in [0.15, 0.2) is 18.2 Å². The van der Waals surface area contributed by atoms with Crippen LogP contribution in [0.4, 0.5) is 5.69 Å². The Bertz CT molecular complexity index is 969. The van der Waals surface area contributed by atoms with Gasteiger partial charge in [0, 0.05) is 18.9 Å². The normalized spacial score (nSPS) is 22.2. The van der Waals surface area contributed by atoms with Crippen LogP contribution in [0.25, 0.3) is 0 Å². The number of rotatable bonds is 6. The molecular weight excluding hydrogens is 414 g/mol. The van der Waals surface area contributed by atoms with Gasteiger partial charge in [-0.2, -0.15) is 0 Å². The molecule has 170 valence electrons. The van der Waals surface area contributed by atoms with Gasteiger partial charge in [-0.25, -0.2) is 0 Å². The molecule has 2 saturated heterocycles. The number of carbonyl (C=O) groups excluding carboxylic acids is 5. The lowest BCUT2D eigenvalue weighted by Gasteiger charge is -2.29. The lowest BCUT2D eigenvalue weighted by atomic mass is 10.0. The first-order valence-electron chi connectivity index (χ1n) is 11.0. The maximum absolute atomic E-state index is 13.1. The van der Waals surface area contributed by atoms with Crippen LogP contribution < -0.4 is 16.4 Å². The van der Waals surface area contributed by atoms with Crippen molar-refractivity contribution in [1.82, 2.24) is 15.1 Å². The van der Waals surface area contributed by atoms with Gasteiger partial charge in [0.05, 0.1) is 16.8 Å². The van der Waals surface area contributed by atoms with Gasteiger partial charge < -0.3 is 16.0 Å². The molecule has 10 heteroatoms. The molecule has 0 bridgehead atoms. The summed E-state index contributed by atoms with van der Waals surface area (Å²) in [5.74, 6) is -2.58. The maximum Gasteiger partial charge on any atom is 0.264 e. The Morgan fingerprint density at radius 3 is 2.56 bits per heavy atom. The van der Waals surface area contributed by atoms with Gasteiger partial charge in [0.2, 0.25) is 17.7 Å². The molecule has 1 aromatic rings. The minimum atomic E-state index is -1.04. The number of piperidine rings is 2. The van der Waals surface area contributed by atoms with E-state index in [1.807, 2.05) is 0 Å². The van der Waals surface area contributed by atoms with Crippen molar-refractivity contribution in [3.63, 3.8) is 0 Å². The number of nitrogens with one attached hydrogen (secondary N) is 2. The average Bonchev–Trinajstić information content (AvgIpc) is 3.01. The van der Waals surface area contributed by atoms with Gasteiger partial charge >= 0.3 is 0 Å².